The molecule has 0 radical (unpaired) electrons. The van der Waals surface area contributed by atoms with Crippen molar-refractivity contribution in [2.24, 2.45) is 5.10 Å². The molecule has 0 spiro atoms. The maximum atomic E-state index is 12.1. The fourth-order valence-electron chi connectivity index (χ4n) is 2.32. The number of allylic oxidation sites excluding steroid dienone is 1. The summed E-state index contributed by atoms with van der Waals surface area (Å²) < 4.78 is 2.88. The SMILES string of the molecule is C=CCn1c(SCC(=O)N/N=C/c2cccnc2)nnc1-c1cccc(Br)c1. The average molecular weight is 457 g/mol. The van der Waals surface area contributed by atoms with Crippen LogP contribution in [0, 0.1) is 0 Å². The fourth-order valence-corrected chi connectivity index (χ4v) is 3.46. The number of benzene rings is 1. The van der Waals surface area contributed by atoms with Gasteiger partial charge in [0.25, 0.3) is 5.91 Å². The normalized spacial score (nSPS) is 10.9. The number of hydrogen-bond donors (Lipinski definition) is 1. The predicted octanol–water partition coefficient (Wildman–Crippen LogP) is 3.53. The quantitative estimate of drug-likeness (QED) is 0.242. The van der Waals surface area contributed by atoms with Gasteiger partial charge >= 0.3 is 0 Å². The largest absolute Gasteiger partial charge is 0.298 e. The average Bonchev–Trinajstić information content (AvgIpc) is 3.10. The molecule has 1 amide bonds. The van der Waals surface area contributed by atoms with Crippen molar-refractivity contribution in [2.45, 2.75) is 11.7 Å². The first kappa shape index (κ1) is 20.0. The fraction of sp³-hybridized carbons (Fsp3) is 0.105. The molecule has 0 bridgehead atoms. The van der Waals surface area contributed by atoms with Gasteiger partial charge in [0, 0.05) is 34.5 Å². The lowest BCUT2D eigenvalue weighted by Gasteiger charge is -2.07. The van der Waals surface area contributed by atoms with Crippen molar-refractivity contribution in [3.05, 3.63) is 71.5 Å². The molecule has 1 aromatic carbocycles. The van der Waals surface area contributed by atoms with Gasteiger partial charge in [0.2, 0.25) is 0 Å². The summed E-state index contributed by atoms with van der Waals surface area (Å²) in [6.45, 7) is 4.33. The van der Waals surface area contributed by atoms with E-state index in [4.69, 9.17) is 0 Å². The Morgan fingerprint density at radius 2 is 2.21 bits per heavy atom. The van der Waals surface area contributed by atoms with E-state index in [1.165, 1.54) is 11.8 Å². The van der Waals surface area contributed by atoms with Crippen molar-refractivity contribution in [1.29, 1.82) is 0 Å². The molecule has 3 rings (SSSR count). The Bertz CT molecular complexity index is 989. The minimum atomic E-state index is -0.234. The second-order valence-corrected chi connectivity index (χ2v) is 7.44. The molecule has 0 aliphatic rings. The minimum absolute atomic E-state index is 0.165. The smallest absolute Gasteiger partial charge is 0.250 e. The third-order valence-corrected chi connectivity index (χ3v) is 4.99. The standard InChI is InChI=1S/C19H17BrN6OS/c1-2-9-26-18(15-6-3-7-16(20)10-15)24-25-19(26)28-13-17(27)23-22-12-14-5-4-8-21-11-14/h2-8,10-12H,1,9,13H2,(H,23,27)/b22-12+. The number of nitrogens with one attached hydrogen (secondary N) is 1. The van der Waals surface area contributed by atoms with Gasteiger partial charge in [0.15, 0.2) is 11.0 Å². The Morgan fingerprint density at radius 1 is 1.32 bits per heavy atom. The highest BCUT2D eigenvalue weighted by Gasteiger charge is 2.15. The summed E-state index contributed by atoms with van der Waals surface area (Å²) in [5.74, 6) is 0.652. The summed E-state index contributed by atoms with van der Waals surface area (Å²) in [6, 6.07) is 11.5. The molecule has 0 saturated carbocycles. The van der Waals surface area contributed by atoms with E-state index < -0.39 is 0 Å². The number of rotatable bonds is 8. The molecule has 0 atom stereocenters. The lowest BCUT2D eigenvalue weighted by atomic mass is 10.2. The monoisotopic (exact) mass is 456 g/mol. The molecule has 2 heterocycles. The van der Waals surface area contributed by atoms with E-state index in [0.29, 0.717) is 11.7 Å². The van der Waals surface area contributed by atoms with Crippen molar-refractivity contribution in [3.8, 4) is 11.4 Å². The first-order valence-corrected chi connectivity index (χ1v) is 10.1. The molecule has 7 nitrogen and oxygen atoms in total. The first-order valence-electron chi connectivity index (χ1n) is 8.32. The number of hydrazone groups is 1. The number of amides is 1. The highest BCUT2D eigenvalue weighted by atomic mass is 79.9. The molecule has 0 aliphatic heterocycles. The van der Waals surface area contributed by atoms with Gasteiger partial charge < -0.3 is 0 Å². The van der Waals surface area contributed by atoms with Crippen LogP contribution in [-0.2, 0) is 11.3 Å². The van der Waals surface area contributed by atoms with Crippen LogP contribution in [0.5, 0.6) is 0 Å². The summed E-state index contributed by atoms with van der Waals surface area (Å²) in [6.07, 6.45) is 6.65. The van der Waals surface area contributed by atoms with E-state index in [1.54, 1.807) is 30.8 Å². The summed E-state index contributed by atoms with van der Waals surface area (Å²) >= 11 is 4.76. The van der Waals surface area contributed by atoms with Crippen LogP contribution in [0.25, 0.3) is 11.4 Å². The van der Waals surface area contributed by atoms with E-state index in [9.17, 15) is 4.79 Å². The van der Waals surface area contributed by atoms with Crippen LogP contribution in [0.4, 0.5) is 0 Å². The van der Waals surface area contributed by atoms with Crippen molar-refractivity contribution < 1.29 is 4.79 Å². The van der Waals surface area contributed by atoms with Crippen molar-refractivity contribution in [2.75, 3.05) is 5.75 Å². The first-order chi connectivity index (χ1) is 13.7. The zero-order valence-electron chi connectivity index (χ0n) is 14.8. The van der Waals surface area contributed by atoms with Crippen LogP contribution >= 0.6 is 27.7 Å². The molecule has 142 valence electrons. The topological polar surface area (TPSA) is 85.1 Å². The van der Waals surface area contributed by atoms with Gasteiger partial charge in [-0.3, -0.25) is 14.3 Å². The van der Waals surface area contributed by atoms with Crippen molar-refractivity contribution >= 4 is 39.8 Å². The third-order valence-electron chi connectivity index (χ3n) is 3.53. The molecular formula is C19H17BrN6OS. The van der Waals surface area contributed by atoms with Crippen LogP contribution in [0.1, 0.15) is 5.56 Å². The third kappa shape index (κ3) is 5.37. The maximum Gasteiger partial charge on any atom is 0.250 e. The predicted molar refractivity (Wildman–Crippen MR) is 114 cm³/mol. The molecule has 28 heavy (non-hydrogen) atoms. The van der Waals surface area contributed by atoms with Crippen LogP contribution in [0.2, 0.25) is 0 Å². The number of nitrogens with zero attached hydrogens (tertiary/aromatic N) is 5. The number of pyridine rings is 1. The van der Waals surface area contributed by atoms with Gasteiger partial charge in [0.05, 0.1) is 12.0 Å². The highest BCUT2D eigenvalue weighted by Crippen LogP contribution is 2.26. The minimum Gasteiger partial charge on any atom is -0.298 e. The molecule has 1 N–H and O–H groups in total. The molecule has 3 aromatic rings. The van der Waals surface area contributed by atoms with Crippen molar-refractivity contribution in [1.82, 2.24) is 25.2 Å². The number of aromatic nitrogens is 4. The maximum absolute atomic E-state index is 12.1. The number of carbonyl (C=O) groups excluding carboxylic acids is 1. The number of hydrogen-bond acceptors (Lipinski definition) is 6. The Morgan fingerprint density at radius 3 is 2.96 bits per heavy atom. The van der Waals surface area contributed by atoms with E-state index in [1.807, 2.05) is 34.9 Å². The number of carbonyl (C=O) groups is 1. The lowest BCUT2D eigenvalue weighted by molar-refractivity contribution is -0.118. The Balaban J connectivity index is 1.64. The summed E-state index contributed by atoms with van der Waals surface area (Å²) in [4.78, 5) is 16.0. The Kier molecular flexibility index (Phi) is 7.10. The summed E-state index contributed by atoms with van der Waals surface area (Å²) in [5, 5.41) is 13.1. The van der Waals surface area contributed by atoms with Gasteiger partial charge in [-0.25, -0.2) is 5.43 Å². The summed E-state index contributed by atoms with van der Waals surface area (Å²) in [7, 11) is 0. The molecule has 0 aliphatic carbocycles. The molecule has 9 heteroatoms. The zero-order chi connectivity index (χ0) is 19.8. The van der Waals surface area contributed by atoms with Gasteiger partial charge in [-0.05, 0) is 18.2 Å². The molecular weight excluding hydrogens is 440 g/mol. The van der Waals surface area contributed by atoms with Gasteiger partial charge in [-0.1, -0.05) is 52.0 Å². The lowest BCUT2D eigenvalue weighted by Crippen LogP contribution is -2.20. The Hall–Kier alpha value is -2.78. The van der Waals surface area contributed by atoms with Gasteiger partial charge in [0.1, 0.15) is 0 Å². The van der Waals surface area contributed by atoms with E-state index in [-0.39, 0.29) is 11.7 Å². The zero-order valence-corrected chi connectivity index (χ0v) is 17.2. The second kappa shape index (κ2) is 9.95. The second-order valence-electron chi connectivity index (χ2n) is 5.58. The van der Waals surface area contributed by atoms with Gasteiger partial charge in [-0.15, -0.1) is 16.8 Å². The van der Waals surface area contributed by atoms with Crippen molar-refractivity contribution in [3.63, 3.8) is 0 Å². The van der Waals surface area contributed by atoms with Crippen LogP contribution in [0.15, 0.2) is 76.2 Å². The van der Waals surface area contributed by atoms with E-state index in [0.717, 1.165) is 21.4 Å². The van der Waals surface area contributed by atoms with E-state index >= 15 is 0 Å². The highest BCUT2D eigenvalue weighted by molar-refractivity contribution is 9.10. The summed E-state index contributed by atoms with van der Waals surface area (Å²) in [5.41, 5.74) is 4.23. The van der Waals surface area contributed by atoms with Crippen LogP contribution in [0.3, 0.4) is 0 Å². The van der Waals surface area contributed by atoms with Gasteiger partial charge in [-0.2, -0.15) is 5.10 Å². The van der Waals surface area contributed by atoms with Crippen LogP contribution < -0.4 is 5.43 Å². The number of thioether (sulfide) groups is 1. The number of halogens is 1. The molecule has 2 aromatic heterocycles. The molecule has 0 fully saturated rings. The molecule has 0 unspecified atom stereocenters. The molecule has 0 saturated heterocycles. The van der Waals surface area contributed by atoms with Crippen LogP contribution in [-0.4, -0.2) is 37.6 Å². The van der Waals surface area contributed by atoms with E-state index in [2.05, 4.69) is 48.2 Å². The Labute approximate surface area is 175 Å².